The lowest BCUT2D eigenvalue weighted by molar-refractivity contribution is -0.115. The van der Waals surface area contributed by atoms with Gasteiger partial charge in [0.05, 0.1) is 12.7 Å². The summed E-state index contributed by atoms with van der Waals surface area (Å²) in [6, 6.07) is 11.8. The lowest BCUT2D eigenvalue weighted by Gasteiger charge is -2.03. The van der Waals surface area contributed by atoms with Gasteiger partial charge < -0.3 is 10.1 Å². The standard InChI is InChI=1S/C17H16N2O3S2/c1-11-13(10-18)16(24-15(11)17(21)22-2)19-14(20)8-9-23-12-6-4-3-5-7-12/h3-7H,8-9H2,1-2H3,(H,19,20). The Morgan fingerprint density at radius 3 is 2.67 bits per heavy atom. The first kappa shape index (κ1) is 18.0. The molecule has 0 fully saturated rings. The van der Waals surface area contributed by atoms with Gasteiger partial charge in [0.2, 0.25) is 5.91 Å². The number of rotatable bonds is 6. The van der Waals surface area contributed by atoms with Crippen molar-refractivity contribution < 1.29 is 14.3 Å². The molecular weight excluding hydrogens is 344 g/mol. The van der Waals surface area contributed by atoms with E-state index in [-0.39, 0.29) is 5.91 Å². The number of carbonyl (C=O) groups excluding carboxylic acids is 2. The predicted molar refractivity (Wildman–Crippen MR) is 95.5 cm³/mol. The number of hydrogen-bond acceptors (Lipinski definition) is 6. The third-order valence-electron chi connectivity index (χ3n) is 3.22. The van der Waals surface area contributed by atoms with Crippen molar-refractivity contribution in [2.75, 3.05) is 18.2 Å². The molecule has 0 unspecified atom stereocenters. The van der Waals surface area contributed by atoms with Gasteiger partial charge in [-0.1, -0.05) is 18.2 Å². The zero-order valence-corrected chi connectivity index (χ0v) is 14.9. The van der Waals surface area contributed by atoms with E-state index in [9.17, 15) is 14.9 Å². The molecule has 1 aromatic carbocycles. The van der Waals surface area contributed by atoms with Gasteiger partial charge in [0.1, 0.15) is 15.9 Å². The summed E-state index contributed by atoms with van der Waals surface area (Å²) in [4.78, 5) is 25.2. The van der Waals surface area contributed by atoms with Crippen LogP contribution in [0.2, 0.25) is 0 Å². The van der Waals surface area contributed by atoms with Gasteiger partial charge in [-0.05, 0) is 24.6 Å². The minimum Gasteiger partial charge on any atom is -0.465 e. The van der Waals surface area contributed by atoms with Gasteiger partial charge in [-0.15, -0.1) is 23.1 Å². The van der Waals surface area contributed by atoms with Gasteiger partial charge in [0, 0.05) is 17.1 Å². The van der Waals surface area contributed by atoms with Gasteiger partial charge in [-0.2, -0.15) is 5.26 Å². The fourth-order valence-electron chi connectivity index (χ4n) is 1.99. The first-order valence-electron chi connectivity index (χ1n) is 7.16. The highest BCUT2D eigenvalue weighted by Gasteiger charge is 2.21. The molecule has 5 nitrogen and oxygen atoms in total. The van der Waals surface area contributed by atoms with Gasteiger partial charge in [-0.25, -0.2) is 4.79 Å². The van der Waals surface area contributed by atoms with E-state index < -0.39 is 5.97 Å². The summed E-state index contributed by atoms with van der Waals surface area (Å²) >= 11 is 2.66. The van der Waals surface area contributed by atoms with Crippen molar-refractivity contribution in [2.45, 2.75) is 18.2 Å². The molecule has 1 heterocycles. The van der Waals surface area contributed by atoms with Crippen LogP contribution in [0, 0.1) is 18.3 Å². The van der Waals surface area contributed by atoms with Crippen molar-refractivity contribution in [3.8, 4) is 6.07 Å². The summed E-state index contributed by atoms with van der Waals surface area (Å²) in [5.74, 6) is -0.0619. The Kier molecular flexibility index (Phi) is 6.41. The molecule has 2 rings (SSSR count). The van der Waals surface area contributed by atoms with Crippen molar-refractivity contribution in [2.24, 2.45) is 0 Å². The monoisotopic (exact) mass is 360 g/mol. The fraction of sp³-hybridized carbons (Fsp3) is 0.235. The Hall–Kier alpha value is -2.30. The molecule has 1 N–H and O–H groups in total. The molecule has 0 aliphatic heterocycles. The van der Waals surface area contributed by atoms with Crippen LogP contribution in [0.15, 0.2) is 35.2 Å². The van der Waals surface area contributed by atoms with Crippen molar-refractivity contribution in [1.29, 1.82) is 5.26 Å². The number of esters is 1. The Labute approximate surface area is 148 Å². The molecule has 24 heavy (non-hydrogen) atoms. The molecule has 2 aromatic rings. The van der Waals surface area contributed by atoms with Gasteiger partial charge in [-0.3, -0.25) is 4.79 Å². The van der Waals surface area contributed by atoms with E-state index in [2.05, 4.69) is 5.32 Å². The Morgan fingerprint density at radius 1 is 1.33 bits per heavy atom. The number of ether oxygens (including phenoxy) is 1. The maximum atomic E-state index is 12.1. The van der Waals surface area contributed by atoms with Crippen LogP contribution in [0.25, 0.3) is 0 Å². The predicted octanol–water partition coefficient (Wildman–Crippen LogP) is 3.84. The number of benzene rings is 1. The van der Waals surface area contributed by atoms with E-state index in [0.717, 1.165) is 16.2 Å². The van der Waals surface area contributed by atoms with Gasteiger partial charge in [0.25, 0.3) is 0 Å². The largest absolute Gasteiger partial charge is 0.465 e. The quantitative estimate of drug-likeness (QED) is 0.625. The van der Waals surface area contributed by atoms with E-state index in [1.807, 2.05) is 36.4 Å². The Morgan fingerprint density at radius 2 is 2.04 bits per heavy atom. The molecule has 0 aliphatic rings. The van der Waals surface area contributed by atoms with Crippen LogP contribution in [0.5, 0.6) is 0 Å². The van der Waals surface area contributed by atoms with Crippen LogP contribution < -0.4 is 5.32 Å². The maximum Gasteiger partial charge on any atom is 0.348 e. The Bertz CT molecular complexity index is 779. The van der Waals surface area contributed by atoms with Crippen LogP contribution in [0.3, 0.4) is 0 Å². The smallest absolute Gasteiger partial charge is 0.348 e. The highest BCUT2D eigenvalue weighted by molar-refractivity contribution is 7.99. The number of methoxy groups -OCH3 is 1. The number of anilines is 1. The van der Waals surface area contributed by atoms with Crippen LogP contribution >= 0.6 is 23.1 Å². The molecular formula is C17H16N2O3S2. The van der Waals surface area contributed by atoms with Crippen LogP contribution in [-0.2, 0) is 9.53 Å². The second kappa shape index (κ2) is 8.52. The minimum absolute atomic E-state index is 0.187. The zero-order valence-electron chi connectivity index (χ0n) is 13.3. The molecule has 1 aromatic heterocycles. The lowest BCUT2D eigenvalue weighted by atomic mass is 10.2. The highest BCUT2D eigenvalue weighted by atomic mass is 32.2. The normalized spacial score (nSPS) is 10.0. The number of carbonyl (C=O) groups is 2. The number of nitrogens with zero attached hydrogens (tertiary/aromatic N) is 1. The number of thioether (sulfide) groups is 1. The molecule has 0 radical (unpaired) electrons. The summed E-state index contributed by atoms with van der Waals surface area (Å²) in [6.07, 6.45) is 0.314. The van der Waals surface area contributed by atoms with E-state index in [0.29, 0.717) is 33.2 Å². The number of thiophene rings is 1. The van der Waals surface area contributed by atoms with E-state index >= 15 is 0 Å². The first-order chi connectivity index (χ1) is 11.6. The topological polar surface area (TPSA) is 79.2 Å². The highest BCUT2D eigenvalue weighted by Crippen LogP contribution is 2.33. The average molecular weight is 360 g/mol. The van der Waals surface area contributed by atoms with Gasteiger partial charge >= 0.3 is 5.97 Å². The average Bonchev–Trinajstić information content (AvgIpc) is 2.90. The molecule has 0 aliphatic carbocycles. The first-order valence-corrected chi connectivity index (χ1v) is 8.96. The Balaban J connectivity index is 1.98. The lowest BCUT2D eigenvalue weighted by Crippen LogP contribution is -2.12. The third-order valence-corrected chi connectivity index (χ3v) is 5.42. The van der Waals surface area contributed by atoms with Crippen LogP contribution in [0.1, 0.15) is 27.2 Å². The molecule has 0 saturated heterocycles. The van der Waals surface area contributed by atoms with E-state index in [1.54, 1.807) is 18.7 Å². The van der Waals surface area contributed by atoms with Crippen LogP contribution in [0.4, 0.5) is 5.00 Å². The molecule has 124 valence electrons. The summed E-state index contributed by atoms with van der Waals surface area (Å²) in [6.45, 7) is 1.67. The zero-order chi connectivity index (χ0) is 17.5. The number of hydrogen-bond donors (Lipinski definition) is 1. The molecule has 0 atom stereocenters. The molecule has 7 heteroatoms. The van der Waals surface area contributed by atoms with E-state index in [1.165, 1.54) is 7.11 Å². The minimum atomic E-state index is -0.505. The van der Waals surface area contributed by atoms with Crippen molar-refractivity contribution in [3.05, 3.63) is 46.3 Å². The number of nitriles is 1. The van der Waals surface area contributed by atoms with Crippen molar-refractivity contribution in [3.63, 3.8) is 0 Å². The molecule has 1 amide bonds. The summed E-state index contributed by atoms with van der Waals surface area (Å²) < 4.78 is 4.69. The van der Waals surface area contributed by atoms with Crippen LogP contribution in [-0.4, -0.2) is 24.7 Å². The second-order valence-corrected chi connectivity index (χ2v) is 7.01. The van der Waals surface area contributed by atoms with E-state index in [4.69, 9.17) is 4.74 Å². The summed E-state index contributed by atoms with van der Waals surface area (Å²) in [5.41, 5.74) is 0.841. The molecule has 0 bridgehead atoms. The van der Waals surface area contributed by atoms with Gasteiger partial charge in [0.15, 0.2) is 0 Å². The fourth-order valence-corrected chi connectivity index (χ4v) is 3.96. The third kappa shape index (κ3) is 4.37. The number of amides is 1. The second-order valence-electron chi connectivity index (χ2n) is 4.82. The molecule has 0 saturated carbocycles. The SMILES string of the molecule is COC(=O)c1sc(NC(=O)CCSc2ccccc2)c(C#N)c1C. The summed E-state index contributed by atoms with van der Waals surface area (Å²) in [7, 11) is 1.28. The van der Waals surface area contributed by atoms with Crippen molar-refractivity contribution in [1.82, 2.24) is 0 Å². The maximum absolute atomic E-state index is 12.1. The van der Waals surface area contributed by atoms with Crippen molar-refractivity contribution >= 4 is 40.0 Å². The summed E-state index contributed by atoms with van der Waals surface area (Å²) in [5, 5.41) is 12.4. The number of nitrogens with one attached hydrogen (secondary N) is 1. The molecule has 0 spiro atoms.